The van der Waals surface area contributed by atoms with E-state index in [9.17, 15) is 19.2 Å². The molecule has 1 aromatic heterocycles. The number of ketones is 1. The quantitative estimate of drug-likeness (QED) is 0.666. The van der Waals surface area contributed by atoms with E-state index < -0.39 is 28.7 Å². The highest BCUT2D eigenvalue weighted by atomic mass is 16.6. The highest BCUT2D eigenvalue weighted by Gasteiger charge is 2.28. The van der Waals surface area contributed by atoms with Crippen LogP contribution >= 0.6 is 0 Å². The summed E-state index contributed by atoms with van der Waals surface area (Å²) in [6, 6.07) is -0.0576. The number of nitrogens with one attached hydrogen (secondary N) is 1. The Bertz CT molecular complexity index is 896. The minimum absolute atomic E-state index is 0.0156. The molecule has 1 aliphatic rings. The Hall–Kier alpha value is -2.62. The lowest BCUT2D eigenvalue weighted by molar-refractivity contribution is 0.0495. The van der Waals surface area contributed by atoms with Crippen LogP contribution in [0.2, 0.25) is 0 Å². The maximum Gasteiger partial charge on any atom is 0.407 e. The van der Waals surface area contributed by atoms with Crippen molar-refractivity contribution in [3.63, 3.8) is 0 Å². The van der Waals surface area contributed by atoms with Crippen LogP contribution in [0, 0.1) is 0 Å². The molecule has 10 heteroatoms. The minimum atomic E-state index is -0.698. The molecule has 0 saturated carbocycles. The number of nitrogens with two attached hydrogens (primary N) is 1. The van der Waals surface area contributed by atoms with Gasteiger partial charge in [0.05, 0.1) is 6.54 Å². The number of alkyl carbamates (subject to hydrolysis) is 1. The van der Waals surface area contributed by atoms with Gasteiger partial charge in [0.15, 0.2) is 5.78 Å². The summed E-state index contributed by atoms with van der Waals surface area (Å²) in [5.41, 5.74) is 3.84. The van der Waals surface area contributed by atoms with Gasteiger partial charge in [0.25, 0.3) is 5.56 Å². The van der Waals surface area contributed by atoms with Crippen LogP contribution in [0.5, 0.6) is 0 Å². The van der Waals surface area contributed by atoms with Gasteiger partial charge in [-0.15, -0.1) is 0 Å². The second-order valence-electron chi connectivity index (χ2n) is 8.39. The van der Waals surface area contributed by atoms with Crippen molar-refractivity contribution in [2.75, 3.05) is 25.4 Å². The first-order chi connectivity index (χ1) is 13.4. The number of nitrogen functional groups attached to an aromatic ring is 1. The van der Waals surface area contributed by atoms with Gasteiger partial charge in [-0.1, -0.05) is 6.42 Å². The van der Waals surface area contributed by atoms with Crippen molar-refractivity contribution >= 4 is 17.7 Å². The molecule has 3 N–H and O–H groups in total. The van der Waals surface area contributed by atoms with E-state index in [-0.39, 0.29) is 24.0 Å². The van der Waals surface area contributed by atoms with E-state index in [0.717, 1.165) is 28.4 Å². The number of nitrogens with zero attached hydrogens (tertiary/aromatic N) is 3. The number of aromatic nitrogens is 2. The monoisotopic (exact) mass is 409 g/mol. The molecule has 10 nitrogen and oxygen atoms in total. The van der Waals surface area contributed by atoms with Crippen LogP contribution in [0.15, 0.2) is 9.59 Å². The molecule has 0 aliphatic carbocycles. The SMILES string of the molecule is Cn1c(N)c(C(=O)CN2CCCCC2CNC(=O)OC(C)(C)C)c(=O)n(C)c1=O. The van der Waals surface area contributed by atoms with Gasteiger partial charge in [0.1, 0.15) is 17.0 Å². The van der Waals surface area contributed by atoms with Gasteiger partial charge in [-0.3, -0.25) is 23.6 Å². The topological polar surface area (TPSA) is 129 Å². The number of carbonyl (C=O) groups excluding carboxylic acids is 2. The summed E-state index contributed by atoms with van der Waals surface area (Å²) in [4.78, 5) is 51.1. The first kappa shape index (κ1) is 22.7. The number of amides is 1. The first-order valence-corrected chi connectivity index (χ1v) is 9.72. The van der Waals surface area contributed by atoms with Gasteiger partial charge in [0.2, 0.25) is 0 Å². The van der Waals surface area contributed by atoms with Crippen molar-refractivity contribution in [2.24, 2.45) is 14.1 Å². The summed E-state index contributed by atoms with van der Waals surface area (Å²) in [5, 5.41) is 2.75. The average Bonchev–Trinajstić information content (AvgIpc) is 2.63. The van der Waals surface area contributed by atoms with E-state index in [0.29, 0.717) is 13.1 Å². The van der Waals surface area contributed by atoms with Gasteiger partial charge in [-0.05, 0) is 40.2 Å². The lowest BCUT2D eigenvalue weighted by Crippen LogP contribution is -2.50. The molecule has 0 bridgehead atoms. The second-order valence-corrected chi connectivity index (χ2v) is 8.39. The van der Waals surface area contributed by atoms with Crippen molar-refractivity contribution < 1.29 is 14.3 Å². The molecule has 1 unspecified atom stereocenters. The summed E-state index contributed by atoms with van der Waals surface area (Å²) < 4.78 is 7.22. The molecule has 1 aliphatic heterocycles. The fourth-order valence-corrected chi connectivity index (χ4v) is 3.40. The van der Waals surface area contributed by atoms with Crippen LogP contribution in [0.1, 0.15) is 50.4 Å². The van der Waals surface area contributed by atoms with Crippen LogP contribution in [0.25, 0.3) is 0 Å². The van der Waals surface area contributed by atoms with Gasteiger partial charge in [0, 0.05) is 26.7 Å². The summed E-state index contributed by atoms with van der Waals surface area (Å²) in [6.07, 6.45) is 2.20. The van der Waals surface area contributed by atoms with Gasteiger partial charge < -0.3 is 15.8 Å². The summed E-state index contributed by atoms with van der Waals surface area (Å²) in [7, 11) is 2.73. The highest BCUT2D eigenvalue weighted by molar-refractivity contribution is 6.01. The Kier molecular flexibility index (Phi) is 6.89. The molecule has 29 heavy (non-hydrogen) atoms. The summed E-state index contributed by atoms with van der Waals surface area (Å²) in [6.45, 7) is 6.35. The number of ether oxygens (including phenoxy) is 1. The first-order valence-electron chi connectivity index (χ1n) is 9.72. The molecule has 0 aromatic carbocycles. The number of likely N-dealkylation sites (tertiary alicyclic amines) is 1. The number of hydrogen-bond donors (Lipinski definition) is 2. The average molecular weight is 409 g/mol. The molecule has 162 valence electrons. The van der Waals surface area contributed by atoms with E-state index in [1.807, 2.05) is 4.90 Å². The molecule has 1 atom stereocenters. The Morgan fingerprint density at radius 3 is 2.45 bits per heavy atom. The van der Waals surface area contributed by atoms with Crippen molar-refractivity contribution in [2.45, 2.75) is 51.7 Å². The van der Waals surface area contributed by atoms with E-state index in [1.165, 1.54) is 14.1 Å². The smallest absolute Gasteiger partial charge is 0.407 e. The minimum Gasteiger partial charge on any atom is -0.444 e. The van der Waals surface area contributed by atoms with E-state index in [1.54, 1.807) is 20.8 Å². The predicted molar refractivity (Wildman–Crippen MR) is 109 cm³/mol. The normalized spacial score (nSPS) is 17.8. The number of Topliss-reactive ketones (excluding diaryl/α,β-unsaturated/α-hetero) is 1. The standard InChI is InChI=1S/C19H31N5O5/c1-19(2,3)29-17(27)21-10-12-8-6-7-9-24(12)11-13(25)14-15(20)22(4)18(28)23(5)16(14)26/h12H,6-11,20H2,1-5H3,(H,21,27). The lowest BCUT2D eigenvalue weighted by atomic mass is 10.0. The summed E-state index contributed by atoms with van der Waals surface area (Å²) in [5.74, 6) is -0.577. The summed E-state index contributed by atoms with van der Waals surface area (Å²) >= 11 is 0. The number of piperidine rings is 1. The third kappa shape index (κ3) is 5.47. The molecule has 1 aromatic rings. The van der Waals surface area contributed by atoms with E-state index in [4.69, 9.17) is 10.5 Å². The molecule has 1 fully saturated rings. The van der Waals surface area contributed by atoms with Crippen LogP contribution < -0.4 is 22.3 Å². The second kappa shape index (κ2) is 8.81. The zero-order valence-corrected chi connectivity index (χ0v) is 17.8. The maximum atomic E-state index is 12.9. The molecule has 2 rings (SSSR count). The highest BCUT2D eigenvalue weighted by Crippen LogP contribution is 2.18. The van der Waals surface area contributed by atoms with Gasteiger partial charge >= 0.3 is 11.8 Å². The Morgan fingerprint density at radius 2 is 1.83 bits per heavy atom. The molecule has 1 saturated heterocycles. The Labute approximate surface area is 169 Å². The van der Waals surface area contributed by atoms with Crippen molar-refractivity contribution in [3.8, 4) is 0 Å². The van der Waals surface area contributed by atoms with Crippen LogP contribution in [-0.2, 0) is 18.8 Å². The van der Waals surface area contributed by atoms with Crippen molar-refractivity contribution in [3.05, 3.63) is 26.4 Å². The van der Waals surface area contributed by atoms with Crippen LogP contribution in [-0.4, -0.2) is 57.2 Å². The number of hydrogen-bond acceptors (Lipinski definition) is 7. The van der Waals surface area contributed by atoms with Crippen molar-refractivity contribution in [1.29, 1.82) is 0 Å². The van der Waals surface area contributed by atoms with Crippen LogP contribution in [0.4, 0.5) is 10.6 Å². The number of rotatable bonds is 5. The largest absolute Gasteiger partial charge is 0.444 e. The predicted octanol–water partition coefficient (Wildman–Crippen LogP) is 0.228. The zero-order valence-electron chi connectivity index (χ0n) is 17.8. The van der Waals surface area contributed by atoms with Gasteiger partial charge in [-0.25, -0.2) is 9.59 Å². The number of anilines is 1. The molecule has 0 spiro atoms. The van der Waals surface area contributed by atoms with E-state index >= 15 is 0 Å². The Morgan fingerprint density at radius 1 is 1.17 bits per heavy atom. The third-order valence-corrected chi connectivity index (χ3v) is 4.97. The lowest BCUT2D eigenvalue weighted by Gasteiger charge is -2.35. The fourth-order valence-electron chi connectivity index (χ4n) is 3.40. The molecule has 0 radical (unpaired) electrons. The van der Waals surface area contributed by atoms with E-state index in [2.05, 4.69) is 5.32 Å². The molecular weight excluding hydrogens is 378 g/mol. The van der Waals surface area contributed by atoms with Crippen molar-refractivity contribution in [1.82, 2.24) is 19.4 Å². The third-order valence-electron chi connectivity index (χ3n) is 4.97. The fraction of sp³-hybridized carbons (Fsp3) is 0.684. The molecular formula is C19H31N5O5. The zero-order chi connectivity index (χ0) is 21.9. The maximum absolute atomic E-state index is 12.9. The Balaban J connectivity index is 2.13. The van der Waals surface area contributed by atoms with Gasteiger partial charge in [-0.2, -0.15) is 0 Å². The van der Waals surface area contributed by atoms with Crippen LogP contribution in [0.3, 0.4) is 0 Å². The molecule has 2 heterocycles. The number of carbonyl (C=O) groups is 2. The molecule has 1 amide bonds.